The standard InChI is InChI=1S/C25H30N4O3/c1-18-3-2-4-19(13-18)22(29-7-9-30-10-8-29)17-26-15-21-16-27-28-25(21)20-5-6-23-24(14-20)32-12-11-31-23/h2-6,13-14,16,22,26H,7-12,15,17H2,1H3,(H,27,28). The number of H-pyrrole nitrogens is 1. The van der Waals surface area contributed by atoms with E-state index in [9.17, 15) is 0 Å². The molecule has 2 aliphatic rings. The Kier molecular flexibility index (Phi) is 6.39. The van der Waals surface area contributed by atoms with Gasteiger partial charge in [0.2, 0.25) is 0 Å². The van der Waals surface area contributed by atoms with Crippen molar-refractivity contribution in [3.05, 3.63) is 65.4 Å². The number of morpholine rings is 1. The van der Waals surface area contributed by atoms with Crippen LogP contribution in [-0.4, -0.2) is 61.2 Å². The highest BCUT2D eigenvalue weighted by molar-refractivity contribution is 5.66. The molecule has 7 nitrogen and oxygen atoms in total. The smallest absolute Gasteiger partial charge is 0.162 e. The van der Waals surface area contributed by atoms with Crippen LogP contribution in [0, 0.1) is 6.92 Å². The average Bonchev–Trinajstić information content (AvgIpc) is 3.30. The van der Waals surface area contributed by atoms with E-state index in [0.29, 0.717) is 19.3 Å². The van der Waals surface area contributed by atoms with E-state index in [4.69, 9.17) is 14.2 Å². The molecule has 32 heavy (non-hydrogen) atoms. The van der Waals surface area contributed by atoms with E-state index in [1.54, 1.807) is 0 Å². The largest absolute Gasteiger partial charge is 0.486 e. The summed E-state index contributed by atoms with van der Waals surface area (Å²) in [6, 6.07) is 15.2. The van der Waals surface area contributed by atoms with Gasteiger partial charge in [-0.2, -0.15) is 5.10 Å². The van der Waals surface area contributed by atoms with Crippen LogP contribution >= 0.6 is 0 Å². The molecular formula is C25H30N4O3. The molecule has 0 radical (unpaired) electrons. The van der Waals surface area contributed by atoms with Gasteiger partial charge in [-0.25, -0.2) is 0 Å². The zero-order chi connectivity index (χ0) is 21.8. The molecule has 0 spiro atoms. The van der Waals surface area contributed by atoms with E-state index in [-0.39, 0.29) is 0 Å². The number of benzene rings is 2. The molecule has 0 amide bonds. The van der Waals surface area contributed by atoms with Crippen LogP contribution in [0.1, 0.15) is 22.7 Å². The van der Waals surface area contributed by atoms with E-state index in [2.05, 4.69) is 51.6 Å². The maximum Gasteiger partial charge on any atom is 0.162 e. The highest BCUT2D eigenvalue weighted by Gasteiger charge is 2.23. The topological polar surface area (TPSA) is 71.6 Å². The first-order chi connectivity index (χ1) is 15.8. The maximum atomic E-state index is 5.75. The number of aromatic nitrogens is 2. The first kappa shape index (κ1) is 21.0. The number of nitrogens with zero attached hydrogens (tertiary/aromatic N) is 2. The Morgan fingerprint density at radius 2 is 1.88 bits per heavy atom. The van der Waals surface area contributed by atoms with Crippen molar-refractivity contribution in [2.45, 2.75) is 19.5 Å². The number of hydrogen-bond donors (Lipinski definition) is 2. The summed E-state index contributed by atoms with van der Waals surface area (Å²) in [4.78, 5) is 2.52. The van der Waals surface area contributed by atoms with Crippen LogP contribution < -0.4 is 14.8 Å². The van der Waals surface area contributed by atoms with Gasteiger partial charge in [0.05, 0.1) is 25.1 Å². The fraction of sp³-hybridized carbons (Fsp3) is 0.400. The molecule has 0 saturated carbocycles. The Balaban J connectivity index is 1.29. The van der Waals surface area contributed by atoms with Gasteiger partial charge in [-0.05, 0) is 30.7 Å². The van der Waals surface area contributed by atoms with Gasteiger partial charge in [0.1, 0.15) is 13.2 Å². The summed E-state index contributed by atoms with van der Waals surface area (Å²) in [5.74, 6) is 1.58. The fourth-order valence-corrected chi connectivity index (χ4v) is 4.46. The van der Waals surface area contributed by atoms with Crippen molar-refractivity contribution in [1.29, 1.82) is 0 Å². The van der Waals surface area contributed by atoms with Crippen molar-refractivity contribution in [3.63, 3.8) is 0 Å². The Morgan fingerprint density at radius 3 is 2.72 bits per heavy atom. The first-order valence-electron chi connectivity index (χ1n) is 11.3. The summed E-state index contributed by atoms with van der Waals surface area (Å²) in [7, 11) is 0. The van der Waals surface area contributed by atoms with Crippen molar-refractivity contribution in [1.82, 2.24) is 20.4 Å². The molecule has 2 aliphatic heterocycles. The van der Waals surface area contributed by atoms with Crippen molar-refractivity contribution in [3.8, 4) is 22.8 Å². The third-order valence-electron chi connectivity index (χ3n) is 6.12. The number of fused-ring (bicyclic) bond motifs is 1. The minimum absolute atomic E-state index is 0.309. The normalized spacial score (nSPS) is 17.3. The second kappa shape index (κ2) is 9.73. The molecule has 3 aromatic rings. The molecule has 3 heterocycles. The lowest BCUT2D eigenvalue weighted by Gasteiger charge is -2.35. The van der Waals surface area contributed by atoms with E-state index < -0.39 is 0 Å². The molecular weight excluding hydrogens is 404 g/mol. The second-order valence-corrected chi connectivity index (χ2v) is 8.34. The van der Waals surface area contributed by atoms with Gasteiger partial charge in [0, 0.05) is 43.3 Å². The van der Waals surface area contributed by atoms with Crippen LogP contribution in [0.4, 0.5) is 0 Å². The molecule has 2 aromatic carbocycles. The van der Waals surface area contributed by atoms with Crippen LogP contribution in [0.25, 0.3) is 11.3 Å². The average molecular weight is 435 g/mol. The first-order valence-corrected chi connectivity index (χ1v) is 11.3. The summed E-state index contributed by atoms with van der Waals surface area (Å²) < 4.78 is 17.0. The molecule has 5 rings (SSSR count). The third-order valence-corrected chi connectivity index (χ3v) is 6.12. The van der Waals surface area contributed by atoms with Gasteiger partial charge in [-0.3, -0.25) is 10.00 Å². The number of nitrogens with one attached hydrogen (secondary N) is 2. The number of rotatable bonds is 7. The number of aryl methyl sites for hydroxylation is 1. The predicted molar refractivity (Wildman–Crippen MR) is 123 cm³/mol. The zero-order valence-electron chi connectivity index (χ0n) is 18.5. The summed E-state index contributed by atoms with van der Waals surface area (Å²) in [6.45, 7) is 8.40. The van der Waals surface area contributed by atoms with E-state index in [0.717, 1.165) is 67.7 Å². The lowest BCUT2D eigenvalue weighted by atomic mass is 10.0. The Labute approximate surface area is 188 Å². The van der Waals surface area contributed by atoms with E-state index >= 15 is 0 Å². The van der Waals surface area contributed by atoms with E-state index in [1.807, 2.05) is 24.4 Å². The molecule has 1 atom stereocenters. The molecule has 168 valence electrons. The van der Waals surface area contributed by atoms with Gasteiger partial charge in [0.15, 0.2) is 11.5 Å². The lowest BCUT2D eigenvalue weighted by Crippen LogP contribution is -2.42. The molecule has 1 unspecified atom stereocenters. The van der Waals surface area contributed by atoms with Gasteiger partial charge < -0.3 is 19.5 Å². The van der Waals surface area contributed by atoms with Crippen molar-refractivity contribution < 1.29 is 14.2 Å². The van der Waals surface area contributed by atoms with Crippen molar-refractivity contribution >= 4 is 0 Å². The molecule has 2 N–H and O–H groups in total. The van der Waals surface area contributed by atoms with Crippen LogP contribution in [0.2, 0.25) is 0 Å². The zero-order valence-corrected chi connectivity index (χ0v) is 18.5. The van der Waals surface area contributed by atoms with Crippen LogP contribution in [0.3, 0.4) is 0 Å². The molecule has 1 saturated heterocycles. The Morgan fingerprint density at radius 1 is 1.03 bits per heavy atom. The highest BCUT2D eigenvalue weighted by atomic mass is 16.6. The van der Waals surface area contributed by atoms with Crippen LogP contribution in [0.5, 0.6) is 11.5 Å². The van der Waals surface area contributed by atoms with Gasteiger partial charge >= 0.3 is 0 Å². The van der Waals surface area contributed by atoms with Crippen molar-refractivity contribution in [2.75, 3.05) is 46.1 Å². The van der Waals surface area contributed by atoms with Gasteiger partial charge in [0.25, 0.3) is 0 Å². The SMILES string of the molecule is Cc1cccc(C(CNCc2cn[nH]c2-c2ccc3c(c2)OCCO3)N2CCOCC2)c1. The Bertz CT molecular complexity index is 1050. The fourth-order valence-electron chi connectivity index (χ4n) is 4.46. The lowest BCUT2D eigenvalue weighted by molar-refractivity contribution is 0.0161. The molecule has 7 heteroatoms. The van der Waals surface area contributed by atoms with Gasteiger partial charge in [-0.15, -0.1) is 0 Å². The molecule has 1 aromatic heterocycles. The number of hydrogen-bond acceptors (Lipinski definition) is 6. The Hall–Kier alpha value is -2.87. The third kappa shape index (κ3) is 4.65. The predicted octanol–water partition coefficient (Wildman–Crippen LogP) is 3.32. The maximum absolute atomic E-state index is 5.75. The minimum atomic E-state index is 0.309. The van der Waals surface area contributed by atoms with Gasteiger partial charge in [-0.1, -0.05) is 29.8 Å². The van der Waals surface area contributed by atoms with Crippen LogP contribution in [-0.2, 0) is 11.3 Å². The monoisotopic (exact) mass is 434 g/mol. The number of ether oxygens (including phenoxy) is 3. The summed E-state index contributed by atoms with van der Waals surface area (Å²) in [5, 5.41) is 11.1. The summed E-state index contributed by atoms with van der Waals surface area (Å²) >= 11 is 0. The molecule has 1 fully saturated rings. The highest BCUT2D eigenvalue weighted by Crippen LogP contribution is 2.35. The summed E-state index contributed by atoms with van der Waals surface area (Å²) in [6.07, 6.45) is 1.90. The second-order valence-electron chi connectivity index (χ2n) is 8.34. The summed E-state index contributed by atoms with van der Waals surface area (Å²) in [5.41, 5.74) is 5.82. The van der Waals surface area contributed by atoms with Crippen LogP contribution in [0.15, 0.2) is 48.7 Å². The van der Waals surface area contributed by atoms with Crippen molar-refractivity contribution in [2.24, 2.45) is 0 Å². The molecule has 0 aliphatic carbocycles. The minimum Gasteiger partial charge on any atom is -0.486 e. The number of aromatic amines is 1. The quantitative estimate of drug-likeness (QED) is 0.595. The van der Waals surface area contributed by atoms with E-state index in [1.165, 1.54) is 11.1 Å². The molecule has 0 bridgehead atoms.